The fourth-order valence-electron chi connectivity index (χ4n) is 2.36. The summed E-state index contributed by atoms with van der Waals surface area (Å²) in [6, 6.07) is 11.0. The number of nitrogens with zero attached hydrogens (tertiary/aromatic N) is 2. The van der Waals surface area contributed by atoms with E-state index < -0.39 is 0 Å². The molecular weight excluding hydrogens is 280 g/mol. The van der Waals surface area contributed by atoms with Gasteiger partial charge in [-0.2, -0.15) is 5.26 Å². The molecule has 0 atom stereocenters. The lowest BCUT2D eigenvalue weighted by Gasteiger charge is -2.14. The van der Waals surface area contributed by atoms with E-state index >= 15 is 0 Å². The van der Waals surface area contributed by atoms with E-state index in [2.05, 4.69) is 0 Å². The quantitative estimate of drug-likeness (QED) is 0.850. The molecule has 1 aromatic heterocycles. The Morgan fingerprint density at radius 2 is 2.00 bits per heavy atom. The summed E-state index contributed by atoms with van der Waals surface area (Å²) in [4.78, 5) is 12.4. The van der Waals surface area contributed by atoms with Crippen molar-refractivity contribution < 1.29 is 9.47 Å². The highest BCUT2D eigenvalue weighted by Gasteiger charge is 2.11. The Morgan fingerprint density at radius 3 is 2.59 bits per heavy atom. The van der Waals surface area contributed by atoms with Gasteiger partial charge in [0, 0.05) is 13.7 Å². The van der Waals surface area contributed by atoms with Crippen LogP contribution in [0.1, 0.15) is 11.1 Å². The highest BCUT2D eigenvalue weighted by atomic mass is 16.5. The predicted molar refractivity (Wildman–Crippen MR) is 84.0 cm³/mol. The van der Waals surface area contributed by atoms with Crippen molar-refractivity contribution in [3.63, 3.8) is 0 Å². The van der Waals surface area contributed by atoms with E-state index in [0.717, 1.165) is 22.6 Å². The number of benzene rings is 1. The monoisotopic (exact) mass is 298 g/mol. The van der Waals surface area contributed by atoms with Crippen molar-refractivity contribution in [2.24, 2.45) is 0 Å². The van der Waals surface area contributed by atoms with Crippen molar-refractivity contribution in [1.29, 1.82) is 5.26 Å². The van der Waals surface area contributed by atoms with Gasteiger partial charge in [-0.1, -0.05) is 0 Å². The zero-order valence-electron chi connectivity index (χ0n) is 12.9. The zero-order valence-corrected chi connectivity index (χ0v) is 12.9. The number of aryl methyl sites for hydroxylation is 1. The van der Waals surface area contributed by atoms with E-state index in [1.54, 1.807) is 30.9 Å². The number of pyridine rings is 1. The topological polar surface area (TPSA) is 64.2 Å². The number of rotatable bonds is 5. The van der Waals surface area contributed by atoms with E-state index in [1.807, 2.05) is 31.2 Å². The molecule has 0 saturated carbocycles. The van der Waals surface area contributed by atoms with Crippen molar-refractivity contribution in [2.45, 2.75) is 13.5 Å². The molecule has 0 aliphatic heterocycles. The summed E-state index contributed by atoms with van der Waals surface area (Å²) in [5.74, 6) is 0.795. The second-order valence-electron chi connectivity index (χ2n) is 4.88. The Balaban J connectivity index is 2.59. The van der Waals surface area contributed by atoms with Gasteiger partial charge in [-0.25, -0.2) is 0 Å². The third-order valence-corrected chi connectivity index (χ3v) is 3.50. The van der Waals surface area contributed by atoms with Crippen LogP contribution in [-0.2, 0) is 11.3 Å². The van der Waals surface area contributed by atoms with Gasteiger partial charge in [-0.15, -0.1) is 0 Å². The van der Waals surface area contributed by atoms with E-state index in [9.17, 15) is 4.79 Å². The SMILES string of the molecule is COCCn1c(-c2ccc(OC)c(C)c2)ccc(C#N)c1=O. The molecule has 2 rings (SSSR count). The molecule has 0 aliphatic carbocycles. The molecule has 114 valence electrons. The maximum atomic E-state index is 12.4. The summed E-state index contributed by atoms with van der Waals surface area (Å²) in [5, 5.41) is 9.03. The van der Waals surface area contributed by atoms with Crippen LogP contribution in [-0.4, -0.2) is 25.4 Å². The molecule has 0 aliphatic rings. The third kappa shape index (κ3) is 3.02. The normalized spacial score (nSPS) is 10.3. The molecule has 0 radical (unpaired) electrons. The summed E-state index contributed by atoms with van der Waals surface area (Å²) in [5.41, 5.74) is 2.47. The van der Waals surface area contributed by atoms with Gasteiger partial charge in [0.2, 0.25) is 0 Å². The standard InChI is InChI=1S/C17H18N2O3/c1-12-10-13(5-7-16(12)22-3)15-6-4-14(11-18)17(20)19(15)8-9-21-2/h4-7,10H,8-9H2,1-3H3. The van der Waals surface area contributed by atoms with Crippen LogP contribution in [0.3, 0.4) is 0 Å². The molecule has 0 spiro atoms. The molecule has 22 heavy (non-hydrogen) atoms. The number of hydrogen-bond acceptors (Lipinski definition) is 4. The highest BCUT2D eigenvalue weighted by Crippen LogP contribution is 2.25. The van der Waals surface area contributed by atoms with Crippen molar-refractivity contribution in [2.75, 3.05) is 20.8 Å². The van der Waals surface area contributed by atoms with Gasteiger partial charge < -0.3 is 14.0 Å². The molecule has 5 nitrogen and oxygen atoms in total. The first-order valence-corrected chi connectivity index (χ1v) is 6.90. The zero-order chi connectivity index (χ0) is 16.1. The Labute approximate surface area is 129 Å². The minimum absolute atomic E-state index is 0.130. The first-order chi connectivity index (χ1) is 10.6. The van der Waals surface area contributed by atoms with Crippen LogP contribution < -0.4 is 10.3 Å². The van der Waals surface area contributed by atoms with Gasteiger partial charge >= 0.3 is 0 Å². The Bertz CT molecular complexity index is 772. The smallest absolute Gasteiger partial charge is 0.269 e. The molecular formula is C17H18N2O3. The lowest BCUT2D eigenvalue weighted by atomic mass is 10.1. The minimum atomic E-state index is -0.300. The lowest BCUT2D eigenvalue weighted by molar-refractivity contribution is 0.186. The van der Waals surface area contributed by atoms with E-state index in [1.165, 1.54) is 0 Å². The number of ether oxygens (including phenoxy) is 2. The number of nitriles is 1. The van der Waals surface area contributed by atoms with E-state index in [0.29, 0.717) is 13.2 Å². The first kappa shape index (κ1) is 15.8. The first-order valence-electron chi connectivity index (χ1n) is 6.90. The second kappa shape index (κ2) is 6.92. The highest BCUT2D eigenvalue weighted by molar-refractivity contribution is 5.63. The van der Waals surface area contributed by atoms with Crippen LogP contribution in [0.15, 0.2) is 35.1 Å². The predicted octanol–water partition coefficient (Wildman–Crippen LogP) is 2.35. The Morgan fingerprint density at radius 1 is 1.23 bits per heavy atom. The van der Waals surface area contributed by atoms with Crippen LogP contribution >= 0.6 is 0 Å². The molecule has 0 fully saturated rings. The summed E-state index contributed by atoms with van der Waals surface area (Å²) in [6.07, 6.45) is 0. The number of methoxy groups -OCH3 is 2. The van der Waals surface area contributed by atoms with Gasteiger partial charge in [0.25, 0.3) is 5.56 Å². The molecule has 2 aromatic rings. The third-order valence-electron chi connectivity index (χ3n) is 3.50. The van der Waals surface area contributed by atoms with Crippen molar-refractivity contribution in [3.05, 3.63) is 51.8 Å². The maximum absolute atomic E-state index is 12.4. The van der Waals surface area contributed by atoms with Crippen LogP contribution in [0.2, 0.25) is 0 Å². The molecule has 1 heterocycles. The number of hydrogen-bond donors (Lipinski definition) is 0. The molecule has 0 unspecified atom stereocenters. The average Bonchev–Trinajstić information content (AvgIpc) is 2.53. The minimum Gasteiger partial charge on any atom is -0.496 e. The van der Waals surface area contributed by atoms with Crippen LogP contribution in [0.4, 0.5) is 0 Å². The van der Waals surface area contributed by atoms with Gasteiger partial charge in [-0.3, -0.25) is 4.79 Å². The van der Waals surface area contributed by atoms with Gasteiger partial charge in [-0.05, 0) is 48.4 Å². The van der Waals surface area contributed by atoms with Crippen molar-refractivity contribution in [3.8, 4) is 23.1 Å². The van der Waals surface area contributed by atoms with Crippen molar-refractivity contribution in [1.82, 2.24) is 4.57 Å². The largest absolute Gasteiger partial charge is 0.496 e. The molecule has 0 bridgehead atoms. The van der Waals surface area contributed by atoms with Crippen LogP contribution in [0, 0.1) is 18.3 Å². The Hall–Kier alpha value is -2.58. The Kier molecular flexibility index (Phi) is 4.97. The summed E-state index contributed by atoms with van der Waals surface area (Å²) < 4.78 is 11.9. The maximum Gasteiger partial charge on any atom is 0.269 e. The van der Waals surface area contributed by atoms with Gasteiger partial charge in [0.05, 0.1) is 19.4 Å². The van der Waals surface area contributed by atoms with E-state index in [-0.39, 0.29) is 11.1 Å². The molecule has 0 saturated heterocycles. The molecule has 0 N–H and O–H groups in total. The second-order valence-corrected chi connectivity index (χ2v) is 4.88. The van der Waals surface area contributed by atoms with Gasteiger partial charge in [0.1, 0.15) is 17.4 Å². The molecule has 5 heteroatoms. The number of aromatic nitrogens is 1. The summed E-state index contributed by atoms with van der Waals surface area (Å²) >= 11 is 0. The lowest BCUT2D eigenvalue weighted by Crippen LogP contribution is -2.25. The van der Waals surface area contributed by atoms with Crippen LogP contribution in [0.25, 0.3) is 11.3 Å². The average molecular weight is 298 g/mol. The summed E-state index contributed by atoms with van der Waals surface area (Å²) in [6.45, 7) is 2.74. The van der Waals surface area contributed by atoms with Crippen molar-refractivity contribution >= 4 is 0 Å². The summed E-state index contributed by atoms with van der Waals surface area (Å²) in [7, 11) is 3.20. The van der Waals surface area contributed by atoms with Crippen LogP contribution in [0.5, 0.6) is 5.75 Å². The fraction of sp³-hybridized carbons (Fsp3) is 0.294. The van der Waals surface area contributed by atoms with Gasteiger partial charge in [0.15, 0.2) is 0 Å². The molecule has 0 amide bonds. The molecule has 1 aromatic carbocycles. The van der Waals surface area contributed by atoms with E-state index in [4.69, 9.17) is 14.7 Å². The fourth-order valence-corrected chi connectivity index (χ4v) is 2.36.